The van der Waals surface area contributed by atoms with E-state index in [4.69, 9.17) is 16.3 Å². The minimum Gasteiger partial charge on any atom is -0.376 e. The number of nitrogens with two attached hydrogens (primary N) is 3. The zero-order valence-corrected chi connectivity index (χ0v) is 7.37. The van der Waals surface area contributed by atoms with E-state index in [1.54, 1.807) is 0 Å². The summed E-state index contributed by atoms with van der Waals surface area (Å²) in [6, 6.07) is 0. The van der Waals surface area contributed by atoms with Gasteiger partial charge in [-0.25, -0.2) is 0 Å². The Morgan fingerprint density at radius 3 is 1.50 bits per heavy atom. The lowest BCUT2D eigenvalue weighted by Crippen LogP contribution is -2.00. The Balaban J connectivity index is 0. The largest absolute Gasteiger partial charge is 0.376 e. The quantitative estimate of drug-likeness (QED) is 0.288. The molecule has 0 fully saturated rings. The second-order valence-electron chi connectivity index (χ2n) is 2.22. The van der Waals surface area contributed by atoms with E-state index in [9.17, 15) is 0 Å². The minimum atomic E-state index is 0.153. The standard InChI is InChI=1S/C6H16N2.CH3NO2/c7-5-3-1-2-4-6-8;2-4-1-3/h1-8H2;1H,2H2. The van der Waals surface area contributed by atoms with E-state index < -0.39 is 0 Å². The van der Waals surface area contributed by atoms with Crippen molar-refractivity contribution < 1.29 is 9.63 Å². The molecule has 0 bridgehead atoms. The first-order valence-corrected chi connectivity index (χ1v) is 4.02. The van der Waals surface area contributed by atoms with E-state index in [1.165, 1.54) is 12.8 Å². The number of hydrogen-bond acceptors (Lipinski definition) is 5. The Hall–Kier alpha value is -0.650. The zero-order chi connectivity index (χ0) is 9.66. The van der Waals surface area contributed by atoms with Crippen molar-refractivity contribution in [3.8, 4) is 0 Å². The molecule has 74 valence electrons. The third kappa shape index (κ3) is 22.8. The molecule has 0 aromatic carbocycles. The molecule has 0 aliphatic heterocycles. The maximum absolute atomic E-state index is 8.83. The molecule has 0 heterocycles. The summed E-state index contributed by atoms with van der Waals surface area (Å²) >= 11 is 0. The fraction of sp³-hybridized carbons (Fsp3) is 0.857. The number of hydrogen-bond donors (Lipinski definition) is 3. The van der Waals surface area contributed by atoms with Gasteiger partial charge in [-0.05, 0) is 25.9 Å². The third-order valence-corrected chi connectivity index (χ3v) is 1.21. The van der Waals surface area contributed by atoms with Gasteiger partial charge in [0.1, 0.15) is 0 Å². The van der Waals surface area contributed by atoms with Gasteiger partial charge in [0, 0.05) is 0 Å². The van der Waals surface area contributed by atoms with Gasteiger partial charge in [-0.2, -0.15) is 5.90 Å². The SMILES string of the molecule is NCCCCCCN.NOC=O. The molecule has 0 radical (unpaired) electrons. The highest BCUT2D eigenvalue weighted by molar-refractivity contribution is 5.35. The summed E-state index contributed by atoms with van der Waals surface area (Å²) in [7, 11) is 0. The molecule has 5 heteroatoms. The Morgan fingerprint density at radius 1 is 1.00 bits per heavy atom. The van der Waals surface area contributed by atoms with E-state index in [0.29, 0.717) is 0 Å². The van der Waals surface area contributed by atoms with E-state index >= 15 is 0 Å². The van der Waals surface area contributed by atoms with Crippen molar-refractivity contribution in [3.63, 3.8) is 0 Å². The minimum absolute atomic E-state index is 0.153. The number of unbranched alkanes of at least 4 members (excludes halogenated alkanes) is 3. The van der Waals surface area contributed by atoms with Crippen LogP contribution < -0.4 is 17.4 Å². The van der Waals surface area contributed by atoms with Crippen LogP contribution in [0.4, 0.5) is 0 Å². The highest BCUT2D eigenvalue weighted by Gasteiger charge is 1.83. The predicted octanol–water partition coefficient (Wildman–Crippen LogP) is -0.503. The van der Waals surface area contributed by atoms with Gasteiger partial charge >= 0.3 is 6.47 Å². The summed E-state index contributed by atoms with van der Waals surface area (Å²) in [5, 5.41) is 0. The molecule has 0 aromatic heterocycles. The second kappa shape index (κ2) is 16.7. The number of carbonyl (C=O) groups is 1. The van der Waals surface area contributed by atoms with Gasteiger partial charge in [0.05, 0.1) is 0 Å². The Kier molecular flexibility index (Phi) is 19.4. The van der Waals surface area contributed by atoms with Crippen LogP contribution in [0.2, 0.25) is 0 Å². The summed E-state index contributed by atoms with van der Waals surface area (Å²) in [5.41, 5.74) is 10.6. The molecule has 0 saturated carbocycles. The van der Waals surface area contributed by atoms with Crippen molar-refractivity contribution in [2.45, 2.75) is 25.7 Å². The maximum atomic E-state index is 8.83. The molecule has 0 atom stereocenters. The first-order chi connectivity index (χ1) is 5.83. The van der Waals surface area contributed by atoms with E-state index in [2.05, 4.69) is 10.7 Å². The van der Waals surface area contributed by atoms with Crippen LogP contribution >= 0.6 is 0 Å². The number of carbonyl (C=O) groups excluding carboxylic acids is 1. The van der Waals surface area contributed by atoms with Gasteiger partial charge in [0.25, 0.3) is 0 Å². The molecule has 0 rings (SSSR count). The van der Waals surface area contributed by atoms with Crippen LogP contribution in [0.15, 0.2) is 0 Å². The molecule has 0 saturated heterocycles. The predicted molar refractivity (Wildman–Crippen MR) is 47.9 cm³/mol. The molecule has 5 nitrogen and oxygen atoms in total. The summed E-state index contributed by atoms with van der Waals surface area (Å²) < 4.78 is 0. The summed E-state index contributed by atoms with van der Waals surface area (Å²) in [6.45, 7) is 1.80. The highest BCUT2D eigenvalue weighted by atomic mass is 16.6. The highest BCUT2D eigenvalue weighted by Crippen LogP contribution is 1.95. The molecule has 0 spiro atoms. The van der Waals surface area contributed by atoms with Crippen LogP contribution in [0, 0.1) is 0 Å². The Bertz CT molecular complexity index is 75.1. The third-order valence-electron chi connectivity index (χ3n) is 1.21. The molecular formula is C7H19N3O2. The normalized spacial score (nSPS) is 8.25. The Morgan fingerprint density at radius 2 is 1.33 bits per heavy atom. The van der Waals surface area contributed by atoms with Crippen molar-refractivity contribution in [2.24, 2.45) is 17.4 Å². The van der Waals surface area contributed by atoms with Gasteiger partial charge in [-0.3, -0.25) is 4.79 Å². The molecule has 0 aromatic rings. The fourth-order valence-electron chi connectivity index (χ4n) is 0.642. The average Bonchev–Trinajstić information content (AvgIpc) is 2.13. The molecule has 0 aliphatic carbocycles. The van der Waals surface area contributed by atoms with Crippen LogP contribution in [-0.2, 0) is 9.63 Å². The summed E-state index contributed by atoms with van der Waals surface area (Å²) in [5.74, 6) is 4.16. The van der Waals surface area contributed by atoms with Gasteiger partial charge in [-0.1, -0.05) is 12.8 Å². The molecular weight excluding hydrogens is 158 g/mol. The smallest absolute Gasteiger partial charge is 0.312 e. The van der Waals surface area contributed by atoms with Crippen LogP contribution in [0.5, 0.6) is 0 Å². The van der Waals surface area contributed by atoms with Gasteiger partial charge in [0.15, 0.2) is 0 Å². The van der Waals surface area contributed by atoms with Crippen LogP contribution in [0.3, 0.4) is 0 Å². The molecule has 12 heavy (non-hydrogen) atoms. The van der Waals surface area contributed by atoms with Crippen molar-refractivity contribution in [3.05, 3.63) is 0 Å². The van der Waals surface area contributed by atoms with Crippen LogP contribution in [0.25, 0.3) is 0 Å². The maximum Gasteiger partial charge on any atom is 0.312 e. The van der Waals surface area contributed by atoms with Crippen LogP contribution in [-0.4, -0.2) is 19.6 Å². The van der Waals surface area contributed by atoms with Crippen molar-refractivity contribution in [2.75, 3.05) is 13.1 Å². The Labute approximate surface area is 73.2 Å². The molecule has 0 amide bonds. The summed E-state index contributed by atoms with van der Waals surface area (Å²) in [4.78, 5) is 12.2. The van der Waals surface area contributed by atoms with Crippen LogP contribution in [0.1, 0.15) is 25.7 Å². The van der Waals surface area contributed by atoms with Crippen molar-refractivity contribution >= 4 is 6.47 Å². The first kappa shape index (κ1) is 13.9. The first-order valence-electron chi connectivity index (χ1n) is 4.02. The van der Waals surface area contributed by atoms with Crippen molar-refractivity contribution in [1.29, 1.82) is 0 Å². The van der Waals surface area contributed by atoms with Gasteiger partial charge < -0.3 is 16.3 Å². The monoisotopic (exact) mass is 177 g/mol. The topological polar surface area (TPSA) is 104 Å². The van der Waals surface area contributed by atoms with Gasteiger partial charge in [-0.15, -0.1) is 0 Å². The molecule has 0 unspecified atom stereocenters. The van der Waals surface area contributed by atoms with Gasteiger partial charge in [0.2, 0.25) is 0 Å². The molecule has 6 N–H and O–H groups in total. The number of rotatable bonds is 6. The molecule has 0 aliphatic rings. The van der Waals surface area contributed by atoms with E-state index in [1.807, 2.05) is 0 Å². The second-order valence-corrected chi connectivity index (χ2v) is 2.22. The zero-order valence-electron chi connectivity index (χ0n) is 7.37. The lowest BCUT2D eigenvalue weighted by atomic mass is 10.2. The fourth-order valence-corrected chi connectivity index (χ4v) is 0.642. The summed E-state index contributed by atoms with van der Waals surface area (Å²) in [6.07, 6.45) is 4.79. The van der Waals surface area contributed by atoms with E-state index in [0.717, 1.165) is 25.9 Å². The lowest BCUT2D eigenvalue weighted by Gasteiger charge is -1.94. The average molecular weight is 177 g/mol. The lowest BCUT2D eigenvalue weighted by molar-refractivity contribution is -0.129. The van der Waals surface area contributed by atoms with E-state index in [-0.39, 0.29) is 6.47 Å². The van der Waals surface area contributed by atoms with Crippen molar-refractivity contribution in [1.82, 2.24) is 0 Å².